The molecule has 0 radical (unpaired) electrons. The van der Waals surface area contributed by atoms with Crippen molar-refractivity contribution in [2.75, 3.05) is 19.0 Å². The molecule has 1 aromatic carbocycles. The molecule has 2 atom stereocenters. The van der Waals surface area contributed by atoms with Crippen LogP contribution in [0.3, 0.4) is 0 Å². The molecule has 1 heterocycles. The largest absolute Gasteiger partial charge is 0.388 e. The van der Waals surface area contributed by atoms with Crippen LogP contribution >= 0.6 is 0 Å². The molecule has 0 aliphatic rings. The fourth-order valence-corrected chi connectivity index (χ4v) is 3.24. The minimum atomic E-state index is -0.235. The maximum atomic E-state index is 13.4. The summed E-state index contributed by atoms with van der Waals surface area (Å²) in [5.74, 6) is 0.502. The van der Waals surface area contributed by atoms with Crippen LogP contribution in [-0.2, 0) is 4.79 Å². The van der Waals surface area contributed by atoms with Crippen LogP contribution in [0.15, 0.2) is 83.1 Å². The van der Waals surface area contributed by atoms with Crippen molar-refractivity contribution in [1.82, 2.24) is 15.5 Å². The van der Waals surface area contributed by atoms with Gasteiger partial charge in [-0.2, -0.15) is 4.98 Å². The maximum absolute atomic E-state index is 13.4. The number of aryl methyl sites for hydroxylation is 1. The number of aromatic nitrogens is 2. The third-order valence-electron chi connectivity index (χ3n) is 5.31. The molecule has 1 aromatic heterocycles. The normalized spacial score (nSPS) is 14.0. The Morgan fingerprint density at radius 2 is 2.00 bits per heavy atom. The smallest absolute Gasteiger partial charge is 0.330 e. The summed E-state index contributed by atoms with van der Waals surface area (Å²) in [4.78, 5) is 19.0. The summed E-state index contributed by atoms with van der Waals surface area (Å²) in [7, 11) is 3.43. The number of likely N-dealkylation sites (N-methyl/N-ethyl adjacent to an activating group) is 2. The molecule has 6 nitrogen and oxygen atoms in total. The molecule has 2 rings (SSSR count). The third kappa shape index (κ3) is 6.28. The molecular formula is C25H32N4O2. The molecule has 0 saturated heterocycles. The van der Waals surface area contributed by atoms with E-state index in [-0.39, 0.29) is 23.8 Å². The number of benzene rings is 1. The van der Waals surface area contributed by atoms with E-state index in [1.54, 1.807) is 21.0 Å². The van der Waals surface area contributed by atoms with Crippen LogP contribution < -0.4 is 10.2 Å². The van der Waals surface area contributed by atoms with Crippen LogP contribution in [0, 0.1) is 12.8 Å². The second kappa shape index (κ2) is 11.1. The first-order valence-corrected chi connectivity index (χ1v) is 10.3. The van der Waals surface area contributed by atoms with Gasteiger partial charge in [0, 0.05) is 25.4 Å². The van der Waals surface area contributed by atoms with Gasteiger partial charge in [-0.1, -0.05) is 61.1 Å². The number of hydrogen-bond acceptors (Lipinski definition) is 5. The summed E-state index contributed by atoms with van der Waals surface area (Å²) in [5.41, 5.74) is 3.34. The Bertz CT molecular complexity index is 972. The molecule has 0 aliphatic carbocycles. The standard InChI is InChI=1S/C25H32N4O2/c1-8-12-22(18(3)21-13-10-9-11-14-21)16-23(15-17(2)19(4)26-6)24(30)29(7)25-27-20(5)28-31-25/h8-11,13-16,18,22,26H,1,4,12H2,2-3,5-7H3/b17-15+,23-16+. The minimum Gasteiger partial charge on any atom is -0.388 e. The number of hydrogen-bond donors (Lipinski definition) is 1. The van der Waals surface area contributed by atoms with Gasteiger partial charge < -0.3 is 9.84 Å². The predicted molar refractivity (Wildman–Crippen MR) is 126 cm³/mol. The van der Waals surface area contributed by atoms with E-state index in [1.165, 1.54) is 10.5 Å². The molecule has 2 unspecified atom stereocenters. The number of nitrogens with zero attached hydrogens (tertiary/aromatic N) is 3. The lowest BCUT2D eigenvalue weighted by atomic mass is 9.83. The average Bonchev–Trinajstić information content (AvgIpc) is 3.22. The summed E-state index contributed by atoms with van der Waals surface area (Å²) in [5, 5.41) is 6.82. The van der Waals surface area contributed by atoms with Crippen molar-refractivity contribution in [2.45, 2.75) is 33.1 Å². The first-order chi connectivity index (χ1) is 14.8. The van der Waals surface area contributed by atoms with E-state index in [4.69, 9.17) is 4.52 Å². The lowest BCUT2D eigenvalue weighted by Gasteiger charge is -2.22. The van der Waals surface area contributed by atoms with Gasteiger partial charge in [-0.05, 0) is 49.3 Å². The van der Waals surface area contributed by atoms with Crippen molar-refractivity contribution in [2.24, 2.45) is 5.92 Å². The van der Waals surface area contributed by atoms with Crippen LogP contribution in [0.1, 0.15) is 37.6 Å². The summed E-state index contributed by atoms with van der Waals surface area (Å²) >= 11 is 0. The van der Waals surface area contributed by atoms with Gasteiger partial charge in [-0.3, -0.25) is 9.69 Å². The van der Waals surface area contributed by atoms with Crippen molar-refractivity contribution in [3.63, 3.8) is 0 Å². The fraction of sp³-hybridized carbons (Fsp3) is 0.320. The highest BCUT2D eigenvalue weighted by Crippen LogP contribution is 2.30. The number of nitrogens with one attached hydrogen (secondary N) is 1. The van der Waals surface area contributed by atoms with Crippen LogP contribution in [0.5, 0.6) is 0 Å². The molecular weight excluding hydrogens is 388 g/mol. The van der Waals surface area contributed by atoms with Crippen LogP contribution in [0.2, 0.25) is 0 Å². The Morgan fingerprint density at radius 1 is 1.32 bits per heavy atom. The molecule has 0 bridgehead atoms. The molecule has 0 saturated carbocycles. The topological polar surface area (TPSA) is 71.3 Å². The molecule has 164 valence electrons. The molecule has 1 N–H and O–H groups in total. The van der Waals surface area contributed by atoms with Gasteiger partial charge in [-0.15, -0.1) is 6.58 Å². The lowest BCUT2D eigenvalue weighted by Crippen LogP contribution is -2.28. The lowest BCUT2D eigenvalue weighted by molar-refractivity contribution is -0.114. The van der Waals surface area contributed by atoms with E-state index < -0.39 is 0 Å². The monoisotopic (exact) mass is 420 g/mol. The quantitative estimate of drug-likeness (QED) is 0.335. The van der Waals surface area contributed by atoms with E-state index >= 15 is 0 Å². The zero-order valence-electron chi connectivity index (χ0n) is 19.1. The molecule has 0 aliphatic heterocycles. The number of carbonyl (C=O) groups excluding carboxylic acids is 1. The molecule has 0 fully saturated rings. The summed E-state index contributed by atoms with van der Waals surface area (Å²) < 4.78 is 5.19. The maximum Gasteiger partial charge on any atom is 0.330 e. The number of allylic oxidation sites excluding steroid dienone is 3. The minimum absolute atomic E-state index is 0.0728. The summed E-state index contributed by atoms with van der Waals surface area (Å²) in [6, 6.07) is 10.4. The molecule has 6 heteroatoms. The fourth-order valence-electron chi connectivity index (χ4n) is 3.24. The van der Waals surface area contributed by atoms with Gasteiger partial charge in [0.15, 0.2) is 5.82 Å². The van der Waals surface area contributed by atoms with Gasteiger partial charge in [0.2, 0.25) is 0 Å². The van der Waals surface area contributed by atoms with Crippen LogP contribution in [0.25, 0.3) is 0 Å². The van der Waals surface area contributed by atoms with E-state index in [0.717, 1.165) is 17.7 Å². The summed E-state index contributed by atoms with van der Waals surface area (Å²) in [6.45, 7) is 13.7. The second-order valence-corrected chi connectivity index (χ2v) is 7.55. The van der Waals surface area contributed by atoms with Crippen molar-refractivity contribution >= 4 is 11.9 Å². The Hall–Kier alpha value is -3.41. The third-order valence-corrected chi connectivity index (χ3v) is 5.31. The van der Waals surface area contributed by atoms with Crippen LogP contribution in [-0.4, -0.2) is 30.1 Å². The molecule has 1 amide bonds. The first-order valence-electron chi connectivity index (χ1n) is 10.3. The number of anilines is 1. The SMILES string of the molecule is C=CCC(/C=C(\C=C(/C)C(=C)NC)C(=O)N(C)c1nc(C)no1)C(C)c1ccccc1. The van der Waals surface area contributed by atoms with Crippen LogP contribution in [0.4, 0.5) is 6.01 Å². The molecule has 31 heavy (non-hydrogen) atoms. The van der Waals surface area contributed by atoms with E-state index in [2.05, 4.69) is 47.7 Å². The van der Waals surface area contributed by atoms with Gasteiger partial charge >= 0.3 is 6.01 Å². The van der Waals surface area contributed by atoms with Crippen molar-refractivity contribution in [3.05, 3.63) is 89.9 Å². The van der Waals surface area contributed by atoms with Gasteiger partial charge in [-0.25, -0.2) is 0 Å². The highest BCUT2D eigenvalue weighted by molar-refractivity contribution is 6.06. The molecule has 0 spiro atoms. The van der Waals surface area contributed by atoms with Crippen molar-refractivity contribution in [3.8, 4) is 0 Å². The number of carbonyl (C=O) groups is 1. The number of amides is 1. The number of rotatable bonds is 10. The highest BCUT2D eigenvalue weighted by atomic mass is 16.5. The average molecular weight is 421 g/mol. The second-order valence-electron chi connectivity index (χ2n) is 7.55. The highest BCUT2D eigenvalue weighted by Gasteiger charge is 2.23. The predicted octanol–water partition coefficient (Wildman–Crippen LogP) is 4.94. The van der Waals surface area contributed by atoms with Gasteiger partial charge in [0.25, 0.3) is 5.91 Å². The first kappa shape index (κ1) is 23.9. The zero-order chi connectivity index (χ0) is 23.0. The summed E-state index contributed by atoms with van der Waals surface area (Å²) in [6.07, 6.45) is 6.47. The molecule has 2 aromatic rings. The van der Waals surface area contributed by atoms with E-state index in [9.17, 15) is 4.79 Å². The zero-order valence-corrected chi connectivity index (χ0v) is 19.1. The van der Waals surface area contributed by atoms with Crippen molar-refractivity contribution < 1.29 is 9.32 Å². The Balaban J connectivity index is 2.49. The van der Waals surface area contributed by atoms with Gasteiger partial charge in [0.05, 0.1) is 0 Å². The van der Waals surface area contributed by atoms with E-state index in [1.807, 2.05) is 43.4 Å². The Kier molecular flexibility index (Phi) is 8.55. The van der Waals surface area contributed by atoms with Gasteiger partial charge in [0.1, 0.15) is 0 Å². The Morgan fingerprint density at radius 3 is 2.55 bits per heavy atom. The van der Waals surface area contributed by atoms with Crippen molar-refractivity contribution in [1.29, 1.82) is 0 Å². The Labute approximate surface area is 185 Å². The van der Waals surface area contributed by atoms with E-state index in [0.29, 0.717) is 11.4 Å².